The average molecular weight is 641 g/mol. The number of carbonyl (C=O) groups excluding carboxylic acids is 5. The quantitative estimate of drug-likeness (QED) is 0.269. The fraction of sp³-hybridized carbons (Fsp3) is 0.400. The van der Waals surface area contributed by atoms with Crippen molar-refractivity contribution in [2.45, 2.75) is 51.4 Å². The van der Waals surface area contributed by atoms with E-state index in [0.717, 1.165) is 10.4 Å². The molecule has 44 heavy (non-hydrogen) atoms. The summed E-state index contributed by atoms with van der Waals surface area (Å²) in [6.45, 7) is 4.32. The number of aliphatic hydroxyl groups excluding tert-OH is 1. The number of aromatic nitrogens is 1. The van der Waals surface area contributed by atoms with Crippen LogP contribution in [0.15, 0.2) is 53.2 Å². The first-order valence-corrected chi connectivity index (χ1v) is 16.0. The van der Waals surface area contributed by atoms with E-state index in [1.54, 1.807) is 43.5 Å². The van der Waals surface area contributed by atoms with Crippen LogP contribution in [0, 0.1) is 5.92 Å². The number of hydrogen-bond donors (Lipinski definition) is 5. The highest BCUT2D eigenvalue weighted by molar-refractivity contribution is 7.20. The largest absolute Gasteiger partial charge is 0.391 e. The molecule has 1 saturated heterocycles. The van der Waals surface area contributed by atoms with E-state index in [4.69, 9.17) is 0 Å². The van der Waals surface area contributed by atoms with Gasteiger partial charge in [0.15, 0.2) is 0 Å². The number of amides is 5. The Morgan fingerprint density at radius 2 is 1.70 bits per heavy atom. The zero-order valence-electron chi connectivity index (χ0n) is 24.6. The maximum atomic E-state index is 13.5. The Hall–Kier alpha value is -4.14. The number of aliphatic hydroxyl groups is 1. The summed E-state index contributed by atoms with van der Waals surface area (Å²) in [5.41, 5.74) is 0.902. The van der Waals surface area contributed by atoms with Crippen molar-refractivity contribution < 1.29 is 29.1 Å². The van der Waals surface area contributed by atoms with Gasteiger partial charge >= 0.3 is 0 Å². The Morgan fingerprint density at radius 3 is 2.36 bits per heavy atom. The standard InChI is InChI=1S/C30H36N6O6S2/c1-17(2)24-28(41)32-20(14-19-8-5-4-6-9-19)26(39)35-25(18(3)37)27(40)31-11-12-36(15-23(38)34-24)30(42)21-16-44-29(33-21)22-10-7-13-43-22/h4-10,13,16-18,20,24-25,37H,11-12,14-15H2,1-3H3,(H,31,40)(H,32,41)(H,34,38)(H,35,39)/t18-,20+,24-,25+/m1/s1. The summed E-state index contributed by atoms with van der Waals surface area (Å²) in [7, 11) is 0. The number of nitrogens with one attached hydrogen (secondary N) is 4. The predicted octanol–water partition coefficient (Wildman–Crippen LogP) is 1.18. The van der Waals surface area contributed by atoms with Gasteiger partial charge in [0.2, 0.25) is 23.6 Å². The molecule has 0 aliphatic carbocycles. The van der Waals surface area contributed by atoms with Crippen molar-refractivity contribution in [3.05, 3.63) is 64.5 Å². The van der Waals surface area contributed by atoms with Gasteiger partial charge in [-0.05, 0) is 29.9 Å². The fourth-order valence-corrected chi connectivity index (χ4v) is 6.24. The van der Waals surface area contributed by atoms with Crippen LogP contribution in [0.3, 0.4) is 0 Å². The second-order valence-corrected chi connectivity index (χ2v) is 12.6. The monoisotopic (exact) mass is 640 g/mol. The third kappa shape index (κ3) is 8.49. The molecule has 2 aromatic heterocycles. The molecule has 234 valence electrons. The minimum absolute atomic E-state index is 0.0699. The Balaban J connectivity index is 1.61. The lowest BCUT2D eigenvalue weighted by Gasteiger charge is -2.27. The van der Waals surface area contributed by atoms with Crippen molar-refractivity contribution in [2.75, 3.05) is 19.6 Å². The van der Waals surface area contributed by atoms with Crippen molar-refractivity contribution in [1.29, 1.82) is 0 Å². The molecule has 0 spiro atoms. The van der Waals surface area contributed by atoms with Crippen LogP contribution in [0.25, 0.3) is 9.88 Å². The summed E-state index contributed by atoms with van der Waals surface area (Å²) in [5.74, 6) is -3.43. The van der Waals surface area contributed by atoms with Gasteiger partial charge in [-0.15, -0.1) is 22.7 Å². The summed E-state index contributed by atoms with van der Waals surface area (Å²) in [4.78, 5) is 73.4. The van der Waals surface area contributed by atoms with E-state index in [2.05, 4.69) is 26.3 Å². The molecule has 0 unspecified atom stereocenters. The lowest BCUT2D eigenvalue weighted by atomic mass is 10.0. The molecular formula is C30H36N6O6S2. The molecule has 0 radical (unpaired) electrons. The third-order valence-electron chi connectivity index (χ3n) is 7.00. The van der Waals surface area contributed by atoms with E-state index in [9.17, 15) is 29.1 Å². The lowest BCUT2D eigenvalue weighted by Crippen LogP contribution is -2.60. The van der Waals surface area contributed by atoms with Crippen LogP contribution in [-0.2, 0) is 25.6 Å². The molecule has 4 atom stereocenters. The Morgan fingerprint density at radius 1 is 0.955 bits per heavy atom. The van der Waals surface area contributed by atoms with Crippen molar-refractivity contribution in [1.82, 2.24) is 31.2 Å². The second kappa shape index (κ2) is 15.0. The first kappa shape index (κ1) is 32.8. The SMILES string of the molecule is CC(C)[C@H]1NC(=O)CN(C(=O)c2csc(-c3cccs3)n2)CCNC(=O)[C@H]([C@@H](C)O)NC(=O)[C@H](Cc2ccccc2)NC1=O. The van der Waals surface area contributed by atoms with Crippen LogP contribution >= 0.6 is 22.7 Å². The molecule has 4 rings (SSSR count). The minimum atomic E-state index is -1.33. The van der Waals surface area contributed by atoms with Gasteiger partial charge in [-0.1, -0.05) is 50.2 Å². The molecule has 5 N–H and O–H groups in total. The smallest absolute Gasteiger partial charge is 0.273 e. The lowest BCUT2D eigenvalue weighted by molar-refractivity contribution is -0.135. The Bertz CT molecular complexity index is 1460. The van der Waals surface area contributed by atoms with Gasteiger partial charge in [0.05, 0.1) is 17.5 Å². The number of hydrogen-bond acceptors (Lipinski definition) is 9. The van der Waals surface area contributed by atoms with Gasteiger partial charge in [-0.25, -0.2) is 4.98 Å². The van der Waals surface area contributed by atoms with Crippen LogP contribution in [0.1, 0.15) is 36.8 Å². The second-order valence-electron chi connectivity index (χ2n) is 10.8. The number of benzene rings is 1. The zero-order valence-corrected chi connectivity index (χ0v) is 26.2. The van der Waals surface area contributed by atoms with E-state index in [-0.39, 0.29) is 31.1 Å². The molecule has 14 heteroatoms. The molecule has 0 saturated carbocycles. The number of thiophene rings is 1. The maximum Gasteiger partial charge on any atom is 0.273 e. The number of nitrogens with zero attached hydrogens (tertiary/aromatic N) is 2. The number of rotatable bonds is 6. The molecule has 12 nitrogen and oxygen atoms in total. The van der Waals surface area contributed by atoms with Gasteiger partial charge in [-0.2, -0.15) is 0 Å². The normalized spacial score (nSPS) is 21.4. The number of thiazole rings is 1. The highest BCUT2D eigenvalue weighted by Crippen LogP contribution is 2.28. The summed E-state index contributed by atoms with van der Waals surface area (Å²) in [5, 5.41) is 25.2. The van der Waals surface area contributed by atoms with E-state index < -0.39 is 60.3 Å². The molecule has 1 aliphatic rings. The van der Waals surface area contributed by atoms with Crippen molar-refractivity contribution >= 4 is 52.2 Å². The van der Waals surface area contributed by atoms with E-state index in [1.807, 2.05) is 23.6 Å². The molecule has 5 amide bonds. The summed E-state index contributed by atoms with van der Waals surface area (Å²) in [6, 6.07) is 9.33. The van der Waals surface area contributed by atoms with Gasteiger partial charge in [0.25, 0.3) is 5.91 Å². The third-order valence-corrected chi connectivity index (χ3v) is 8.88. The van der Waals surface area contributed by atoms with Gasteiger partial charge < -0.3 is 31.3 Å². The van der Waals surface area contributed by atoms with E-state index >= 15 is 0 Å². The molecule has 3 heterocycles. The van der Waals surface area contributed by atoms with Crippen LogP contribution in [0.4, 0.5) is 0 Å². The molecular weight excluding hydrogens is 605 g/mol. The Labute approximate surface area is 263 Å². The van der Waals surface area contributed by atoms with Gasteiger partial charge in [0.1, 0.15) is 28.8 Å². The first-order valence-electron chi connectivity index (χ1n) is 14.2. The summed E-state index contributed by atoms with van der Waals surface area (Å²) in [6.07, 6.45) is -1.16. The molecule has 0 bridgehead atoms. The van der Waals surface area contributed by atoms with Gasteiger partial charge in [0, 0.05) is 24.9 Å². The van der Waals surface area contributed by atoms with Crippen molar-refractivity contribution in [3.8, 4) is 9.88 Å². The maximum absolute atomic E-state index is 13.5. The average Bonchev–Trinajstić information content (AvgIpc) is 3.70. The van der Waals surface area contributed by atoms with Crippen molar-refractivity contribution in [3.63, 3.8) is 0 Å². The molecule has 3 aromatic rings. The minimum Gasteiger partial charge on any atom is -0.391 e. The predicted molar refractivity (Wildman–Crippen MR) is 167 cm³/mol. The topological polar surface area (TPSA) is 170 Å². The highest BCUT2D eigenvalue weighted by atomic mass is 32.1. The first-order chi connectivity index (χ1) is 21.0. The van der Waals surface area contributed by atoms with Crippen LogP contribution in [0.2, 0.25) is 0 Å². The zero-order chi connectivity index (χ0) is 31.8. The summed E-state index contributed by atoms with van der Waals surface area (Å²) >= 11 is 2.79. The van der Waals surface area contributed by atoms with Crippen LogP contribution in [-0.4, -0.2) is 88.4 Å². The van der Waals surface area contributed by atoms with Gasteiger partial charge in [-0.3, -0.25) is 24.0 Å². The van der Waals surface area contributed by atoms with Crippen LogP contribution < -0.4 is 21.3 Å². The summed E-state index contributed by atoms with van der Waals surface area (Å²) < 4.78 is 0. The molecule has 1 aliphatic heterocycles. The highest BCUT2D eigenvalue weighted by Gasteiger charge is 2.34. The molecule has 1 aromatic carbocycles. The fourth-order valence-electron chi connectivity index (χ4n) is 4.63. The Kier molecular flexibility index (Phi) is 11.2. The van der Waals surface area contributed by atoms with E-state index in [1.165, 1.54) is 34.5 Å². The van der Waals surface area contributed by atoms with E-state index in [0.29, 0.717) is 5.01 Å². The van der Waals surface area contributed by atoms with Crippen molar-refractivity contribution in [2.24, 2.45) is 5.92 Å². The molecule has 1 fully saturated rings. The van der Waals surface area contributed by atoms with Crippen LogP contribution in [0.5, 0.6) is 0 Å². The number of carbonyl (C=O) groups is 5.